The molecule has 0 fully saturated rings. The summed E-state index contributed by atoms with van der Waals surface area (Å²) in [5, 5.41) is 11.5. The summed E-state index contributed by atoms with van der Waals surface area (Å²) >= 11 is 1.28. The van der Waals surface area contributed by atoms with E-state index in [-0.39, 0.29) is 22.3 Å². The Morgan fingerprint density at radius 3 is 2.14 bits per heavy atom. The first-order valence-electron chi connectivity index (χ1n) is 8.00. The number of hydrogen-bond acceptors (Lipinski definition) is 3. The van der Waals surface area contributed by atoms with Crippen LogP contribution in [0.25, 0.3) is 0 Å². The highest BCUT2D eigenvalue weighted by Crippen LogP contribution is 2.52. The van der Waals surface area contributed by atoms with Gasteiger partial charge in [0.1, 0.15) is 5.40 Å². The average Bonchev–Trinajstić information content (AvgIpc) is 2.29. The normalized spacial score (nSPS) is 26.5. The fraction of sp³-hybridized carbons (Fsp3) is 0.722. The minimum absolute atomic E-state index is 0.00897. The SMILES string of the molecule is C[SiH](C)OC1C=C(C(C)(C)C)C(SC#N)=CC1(C)C(C)(C)C. The smallest absolute Gasteiger partial charge is 0.171 e. The Balaban J connectivity index is 3.47. The number of nitriles is 1. The molecule has 1 aliphatic carbocycles. The maximum Gasteiger partial charge on any atom is 0.171 e. The molecular formula is C18H31NOSSi. The Kier molecular flexibility index (Phi) is 5.82. The van der Waals surface area contributed by atoms with E-state index in [9.17, 15) is 5.26 Å². The average molecular weight is 338 g/mol. The fourth-order valence-corrected chi connectivity index (χ4v) is 4.54. The molecule has 0 aromatic rings. The predicted octanol–water partition coefficient (Wildman–Crippen LogP) is 5.49. The van der Waals surface area contributed by atoms with Crippen molar-refractivity contribution in [3.8, 4) is 5.40 Å². The summed E-state index contributed by atoms with van der Waals surface area (Å²) in [5.74, 6) is 0. The molecule has 0 bridgehead atoms. The van der Waals surface area contributed by atoms with E-state index in [0.717, 1.165) is 4.91 Å². The molecule has 0 aromatic carbocycles. The maximum atomic E-state index is 9.21. The van der Waals surface area contributed by atoms with Gasteiger partial charge in [-0.15, -0.1) is 0 Å². The van der Waals surface area contributed by atoms with E-state index in [2.05, 4.69) is 79.1 Å². The molecule has 0 radical (unpaired) electrons. The molecule has 22 heavy (non-hydrogen) atoms. The Morgan fingerprint density at radius 2 is 1.77 bits per heavy atom. The topological polar surface area (TPSA) is 33.0 Å². The van der Waals surface area contributed by atoms with Crippen LogP contribution in [-0.2, 0) is 4.43 Å². The standard InChI is InChI=1S/C18H31NOSSi/c1-16(2,3)13-10-15(20-22(8)9)18(7,17(4,5)6)11-14(13)21-12-19/h10-11,15,22H,1-9H3. The molecule has 0 N–H and O–H groups in total. The monoisotopic (exact) mass is 337 g/mol. The molecule has 0 spiro atoms. The molecule has 1 aliphatic rings. The van der Waals surface area contributed by atoms with Gasteiger partial charge in [0.2, 0.25) is 0 Å². The van der Waals surface area contributed by atoms with Gasteiger partial charge >= 0.3 is 0 Å². The van der Waals surface area contributed by atoms with Crippen molar-refractivity contribution in [1.82, 2.24) is 0 Å². The van der Waals surface area contributed by atoms with Crippen molar-refractivity contribution >= 4 is 20.8 Å². The second-order valence-electron chi connectivity index (χ2n) is 8.67. The zero-order valence-electron chi connectivity index (χ0n) is 15.6. The molecule has 0 aromatic heterocycles. The Labute approximate surface area is 142 Å². The molecule has 2 nitrogen and oxygen atoms in total. The van der Waals surface area contributed by atoms with Crippen LogP contribution in [0.4, 0.5) is 0 Å². The van der Waals surface area contributed by atoms with Gasteiger partial charge < -0.3 is 4.43 Å². The molecule has 2 atom stereocenters. The van der Waals surface area contributed by atoms with Gasteiger partial charge in [0, 0.05) is 10.3 Å². The maximum absolute atomic E-state index is 9.21. The van der Waals surface area contributed by atoms with Gasteiger partial charge in [0.05, 0.1) is 6.10 Å². The lowest BCUT2D eigenvalue weighted by Gasteiger charge is -2.48. The summed E-state index contributed by atoms with van der Waals surface area (Å²) in [6.07, 6.45) is 4.66. The number of hydrogen-bond donors (Lipinski definition) is 0. The molecule has 0 saturated heterocycles. The van der Waals surface area contributed by atoms with Crippen molar-refractivity contribution in [1.29, 1.82) is 5.26 Å². The lowest BCUT2D eigenvalue weighted by molar-refractivity contribution is 0.0386. The van der Waals surface area contributed by atoms with E-state index in [1.54, 1.807) is 0 Å². The van der Waals surface area contributed by atoms with Crippen molar-refractivity contribution in [2.45, 2.75) is 67.7 Å². The quantitative estimate of drug-likeness (QED) is 0.504. The Bertz CT molecular complexity index is 517. The first kappa shape index (κ1) is 19.5. The lowest BCUT2D eigenvalue weighted by Crippen LogP contribution is -2.46. The van der Waals surface area contributed by atoms with Crippen LogP contribution in [0.3, 0.4) is 0 Å². The number of rotatable bonds is 3. The largest absolute Gasteiger partial charge is 0.413 e. The third-order valence-electron chi connectivity index (χ3n) is 4.60. The van der Waals surface area contributed by atoms with Crippen molar-refractivity contribution in [3.05, 3.63) is 22.6 Å². The van der Waals surface area contributed by atoms with E-state index in [4.69, 9.17) is 4.43 Å². The van der Waals surface area contributed by atoms with Crippen LogP contribution in [0.5, 0.6) is 0 Å². The highest BCUT2D eigenvalue weighted by atomic mass is 32.2. The van der Waals surface area contributed by atoms with E-state index in [0.29, 0.717) is 0 Å². The molecule has 124 valence electrons. The zero-order chi connectivity index (χ0) is 17.3. The second kappa shape index (κ2) is 6.55. The van der Waals surface area contributed by atoms with Crippen molar-refractivity contribution in [2.75, 3.05) is 0 Å². The number of nitrogens with zero attached hydrogens (tertiary/aromatic N) is 1. The van der Waals surface area contributed by atoms with Crippen LogP contribution in [0.2, 0.25) is 13.1 Å². The summed E-state index contributed by atoms with van der Waals surface area (Å²) in [7, 11) is -1.16. The Hall–Kier alpha value is -0.503. The van der Waals surface area contributed by atoms with Gasteiger partial charge in [-0.2, -0.15) is 5.26 Å². The first-order valence-corrected chi connectivity index (χ1v) is 11.6. The summed E-state index contributed by atoms with van der Waals surface area (Å²) in [6.45, 7) is 20.1. The van der Waals surface area contributed by atoms with E-state index < -0.39 is 9.04 Å². The summed E-state index contributed by atoms with van der Waals surface area (Å²) < 4.78 is 6.41. The fourth-order valence-electron chi connectivity index (χ4n) is 2.71. The van der Waals surface area contributed by atoms with Gasteiger partial charge in [0.25, 0.3) is 0 Å². The third-order valence-corrected chi connectivity index (χ3v) is 6.09. The highest BCUT2D eigenvalue weighted by Gasteiger charge is 2.46. The summed E-state index contributed by atoms with van der Waals surface area (Å²) in [5.41, 5.74) is 1.19. The number of allylic oxidation sites excluding steroid dienone is 1. The van der Waals surface area contributed by atoms with Gasteiger partial charge in [-0.25, -0.2) is 0 Å². The van der Waals surface area contributed by atoms with Crippen molar-refractivity contribution in [2.24, 2.45) is 16.2 Å². The minimum Gasteiger partial charge on any atom is -0.413 e. The molecule has 1 rings (SSSR count). The van der Waals surface area contributed by atoms with Crippen LogP contribution in [0.15, 0.2) is 22.6 Å². The van der Waals surface area contributed by atoms with Crippen LogP contribution < -0.4 is 0 Å². The van der Waals surface area contributed by atoms with E-state index >= 15 is 0 Å². The van der Waals surface area contributed by atoms with Gasteiger partial charge in [-0.05, 0) is 41.3 Å². The molecule has 0 saturated carbocycles. The van der Waals surface area contributed by atoms with Crippen LogP contribution in [0.1, 0.15) is 48.5 Å². The zero-order valence-corrected chi connectivity index (χ0v) is 17.5. The Morgan fingerprint density at radius 1 is 1.23 bits per heavy atom. The second-order valence-corrected chi connectivity index (χ2v) is 11.9. The molecule has 0 heterocycles. The van der Waals surface area contributed by atoms with E-state index in [1.165, 1.54) is 17.3 Å². The minimum atomic E-state index is -1.16. The van der Waals surface area contributed by atoms with Crippen molar-refractivity contribution in [3.63, 3.8) is 0 Å². The highest BCUT2D eigenvalue weighted by molar-refractivity contribution is 8.07. The van der Waals surface area contributed by atoms with Gasteiger partial charge in [-0.1, -0.05) is 60.6 Å². The lowest BCUT2D eigenvalue weighted by atomic mass is 9.61. The summed E-state index contributed by atoms with van der Waals surface area (Å²) in [6, 6.07) is 0. The van der Waals surface area contributed by atoms with Gasteiger partial charge in [0.15, 0.2) is 9.04 Å². The van der Waals surface area contributed by atoms with Crippen molar-refractivity contribution < 1.29 is 4.43 Å². The summed E-state index contributed by atoms with van der Waals surface area (Å²) in [4.78, 5) is 1.10. The van der Waals surface area contributed by atoms with Gasteiger partial charge in [-0.3, -0.25) is 0 Å². The molecule has 2 unspecified atom stereocenters. The molecule has 0 aliphatic heterocycles. The molecule has 4 heteroatoms. The van der Waals surface area contributed by atoms with Crippen LogP contribution in [-0.4, -0.2) is 15.1 Å². The third kappa shape index (κ3) is 4.07. The predicted molar refractivity (Wildman–Crippen MR) is 100 cm³/mol. The van der Waals surface area contributed by atoms with E-state index in [1.807, 2.05) is 0 Å². The first-order chi connectivity index (χ1) is 9.83. The van der Waals surface area contributed by atoms with Crippen LogP contribution >= 0.6 is 11.8 Å². The molecular weight excluding hydrogens is 306 g/mol. The molecule has 0 amide bonds. The number of thioether (sulfide) groups is 1. The van der Waals surface area contributed by atoms with Crippen LogP contribution in [0, 0.1) is 26.9 Å². The number of thiocyanates is 1.